The lowest BCUT2D eigenvalue weighted by molar-refractivity contribution is 0.0694. The maximum Gasteiger partial charge on any atom is 0.339 e. The number of hydrogen-bond donors (Lipinski definition) is 1. The van der Waals surface area contributed by atoms with Crippen LogP contribution in [0, 0.1) is 0 Å². The van der Waals surface area contributed by atoms with Crippen LogP contribution in [0.15, 0.2) is 34.9 Å². The number of rotatable bonds is 3. The molecule has 4 nitrogen and oxygen atoms in total. The van der Waals surface area contributed by atoms with Gasteiger partial charge in [0.2, 0.25) is 0 Å². The van der Waals surface area contributed by atoms with Crippen LogP contribution in [0.1, 0.15) is 54.1 Å². The van der Waals surface area contributed by atoms with E-state index in [2.05, 4.69) is 21.0 Å². The van der Waals surface area contributed by atoms with Crippen molar-refractivity contribution in [2.45, 2.75) is 38.0 Å². The third-order valence-electron chi connectivity index (χ3n) is 4.06. The molecule has 3 rings (SSSR count). The molecule has 5 heteroatoms. The average molecular weight is 349 g/mol. The zero-order chi connectivity index (χ0) is 14.8. The highest BCUT2D eigenvalue weighted by atomic mass is 79.9. The van der Waals surface area contributed by atoms with Gasteiger partial charge in [-0.25, -0.2) is 9.48 Å². The zero-order valence-electron chi connectivity index (χ0n) is 11.6. The van der Waals surface area contributed by atoms with E-state index >= 15 is 0 Å². The first kappa shape index (κ1) is 14.3. The van der Waals surface area contributed by atoms with Crippen molar-refractivity contribution >= 4 is 21.9 Å². The molecule has 0 amide bonds. The van der Waals surface area contributed by atoms with E-state index in [1.807, 2.05) is 24.3 Å². The number of nitrogens with zero attached hydrogens (tertiary/aromatic N) is 2. The Morgan fingerprint density at radius 3 is 2.48 bits per heavy atom. The second-order valence-electron chi connectivity index (χ2n) is 5.49. The van der Waals surface area contributed by atoms with E-state index in [-0.39, 0.29) is 5.92 Å². The first-order valence-electron chi connectivity index (χ1n) is 7.24. The van der Waals surface area contributed by atoms with Gasteiger partial charge in [-0.05, 0) is 37.1 Å². The minimum Gasteiger partial charge on any atom is -0.478 e. The number of aromatic nitrogens is 2. The van der Waals surface area contributed by atoms with Crippen LogP contribution in [-0.4, -0.2) is 20.9 Å². The SMILES string of the molecule is O=C(O)c1cn(-c2ccc(Br)cc2)nc1C1CCCCC1. The Balaban J connectivity index is 1.99. The lowest BCUT2D eigenvalue weighted by Gasteiger charge is -2.20. The van der Waals surface area contributed by atoms with Crippen LogP contribution in [0.2, 0.25) is 0 Å². The van der Waals surface area contributed by atoms with E-state index in [1.54, 1.807) is 10.9 Å². The molecule has 1 N–H and O–H groups in total. The average Bonchev–Trinajstić information content (AvgIpc) is 2.94. The number of benzene rings is 1. The maximum absolute atomic E-state index is 11.5. The van der Waals surface area contributed by atoms with Crippen LogP contribution >= 0.6 is 15.9 Å². The van der Waals surface area contributed by atoms with E-state index in [4.69, 9.17) is 0 Å². The molecule has 1 aromatic carbocycles. The van der Waals surface area contributed by atoms with E-state index in [9.17, 15) is 9.90 Å². The van der Waals surface area contributed by atoms with E-state index < -0.39 is 5.97 Å². The van der Waals surface area contributed by atoms with Gasteiger partial charge < -0.3 is 5.11 Å². The zero-order valence-corrected chi connectivity index (χ0v) is 13.2. The predicted octanol–water partition coefficient (Wildman–Crippen LogP) is 4.38. The lowest BCUT2D eigenvalue weighted by atomic mass is 9.85. The Morgan fingerprint density at radius 2 is 1.86 bits per heavy atom. The molecule has 1 aromatic heterocycles. The molecule has 0 bridgehead atoms. The summed E-state index contributed by atoms with van der Waals surface area (Å²) in [4.78, 5) is 11.5. The number of hydrogen-bond acceptors (Lipinski definition) is 2. The summed E-state index contributed by atoms with van der Waals surface area (Å²) < 4.78 is 2.67. The molecule has 1 saturated carbocycles. The van der Waals surface area contributed by atoms with Crippen molar-refractivity contribution in [2.24, 2.45) is 0 Å². The van der Waals surface area contributed by atoms with Gasteiger partial charge >= 0.3 is 5.97 Å². The molecule has 21 heavy (non-hydrogen) atoms. The van der Waals surface area contributed by atoms with Crippen molar-refractivity contribution < 1.29 is 9.90 Å². The van der Waals surface area contributed by atoms with E-state index in [1.165, 1.54) is 6.42 Å². The topological polar surface area (TPSA) is 55.1 Å². The Bertz CT molecular complexity index is 643. The third kappa shape index (κ3) is 3.02. The molecular weight excluding hydrogens is 332 g/mol. The highest BCUT2D eigenvalue weighted by Gasteiger charge is 2.25. The third-order valence-corrected chi connectivity index (χ3v) is 4.58. The van der Waals surface area contributed by atoms with Gasteiger partial charge in [0, 0.05) is 16.6 Å². The van der Waals surface area contributed by atoms with Gasteiger partial charge in [-0.15, -0.1) is 0 Å². The molecule has 0 unspecified atom stereocenters. The van der Waals surface area contributed by atoms with Crippen LogP contribution in [0.4, 0.5) is 0 Å². The molecule has 0 spiro atoms. The minimum atomic E-state index is -0.890. The van der Waals surface area contributed by atoms with Crippen LogP contribution in [-0.2, 0) is 0 Å². The normalized spacial score (nSPS) is 16.0. The summed E-state index contributed by atoms with van der Waals surface area (Å²) in [5, 5.41) is 14.0. The van der Waals surface area contributed by atoms with Crippen LogP contribution < -0.4 is 0 Å². The van der Waals surface area contributed by atoms with Crippen molar-refractivity contribution in [3.8, 4) is 5.69 Å². The summed E-state index contributed by atoms with van der Waals surface area (Å²) in [5.74, 6) is -0.611. The molecule has 1 aliphatic rings. The van der Waals surface area contributed by atoms with Gasteiger partial charge in [0.25, 0.3) is 0 Å². The van der Waals surface area contributed by atoms with Crippen molar-refractivity contribution in [1.29, 1.82) is 0 Å². The van der Waals surface area contributed by atoms with E-state index in [0.29, 0.717) is 5.56 Å². The highest BCUT2D eigenvalue weighted by Crippen LogP contribution is 2.34. The second-order valence-corrected chi connectivity index (χ2v) is 6.40. The first-order chi connectivity index (χ1) is 10.1. The minimum absolute atomic E-state index is 0.279. The van der Waals surface area contributed by atoms with Gasteiger partial charge in [0.15, 0.2) is 0 Å². The van der Waals surface area contributed by atoms with Crippen molar-refractivity contribution in [2.75, 3.05) is 0 Å². The van der Waals surface area contributed by atoms with Gasteiger partial charge in [-0.3, -0.25) is 0 Å². The number of carbonyl (C=O) groups is 1. The quantitative estimate of drug-likeness (QED) is 0.895. The standard InChI is InChI=1S/C16H17BrN2O2/c17-12-6-8-13(9-7-12)19-10-14(16(20)21)15(18-19)11-4-2-1-3-5-11/h6-11H,1-5H2,(H,20,21). The molecule has 0 saturated heterocycles. The molecular formula is C16H17BrN2O2. The van der Waals surface area contributed by atoms with Gasteiger partial charge in [-0.1, -0.05) is 35.2 Å². The second kappa shape index (κ2) is 6.02. The molecule has 110 valence electrons. The Hall–Kier alpha value is -1.62. The smallest absolute Gasteiger partial charge is 0.339 e. The van der Waals surface area contributed by atoms with Gasteiger partial charge in [0.1, 0.15) is 5.56 Å². The number of halogens is 1. The fraction of sp³-hybridized carbons (Fsp3) is 0.375. The number of carboxylic acid groups (broad SMARTS) is 1. The molecule has 1 fully saturated rings. The fourth-order valence-electron chi connectivity index (χ4n) is 2.96. The monoisotopic (exact) mass is 348 g/mol. The van der Waals surface area contributed by atoms with Crippen LogP contribution in [0.5, 0.6) is 0 Å². The van der Waals surface area contributed by atoms with Crippen molar-refractivity contribution in [1.82, 2.24) is 9.78 Å². The van der Waals surface area contributed by atoms with E-state index in [0.717, 1.165) is 41.5 Å². The van der Waals surface area contributed by atoms with Crippen LogP contribution in [0.3, 0.4) is 0 Å². The summed E-state index contributed by atoms with van der Waals surface area (Å²) in [6, 6.07) is 7.70. The Labute approximate surface area is 131 Å². The highest BCUT2D eigenvalue weighted by molar-refractivity contribution is 9.10. The summed E-state index contributed by atoms with van der Waals surface area (Å²) in [7, 11) is 0. The maximum atomic E-state index is 11.5. The lowest BCUT2D eigenvalue weighted by Crippen LogP contribution is -2.10. The molecule has 0 aliphatic heterocycles. The molecule has 0 radical (unpaired) electrons. The van der Waals surface area contributed by atoms with Crippen molar-refractivity contribution in [3.63, 3.8) is 0 Å². The Morgan fingerprint density at radius 1 is 1.19 bits per heavy atom. The predicted molar refractivity (Wildman–Crippen MR) is 84.0 cm³/mol. The largest absolute Gasteiger partial charge is 0.478 e. The molecule has 1 heterocycles. The fourth-order valence-corrected chi connectivity index (χ4v) is 3.22. The molecule has 2 aromatic rings. The summed E-state index contributed by atoms with van der Waals surface area (Å²) in [5.41, 5.74) is 1.96. The molecule has 1 aliphatic carbocycles. The summed E-state index contributed by atoms with van der Waals surface area (Å²) in [6.07, 6.45) is 7.28. The van der Waals surface area contributed by atoms with Crippen molar-refractivity contribution in [3.05, 3.63) is 46.2 Å². The number of carboxylic acids is 1. The summed E-state index contributed by atoms with van der Waals surface area (Å²) >= 11 is 3.40. The number of aromatic carboxylic acids is 1. The van der Waals surface area contributed by atoms with Gasteiger partial charge in [0.05, 0.1) is 11.4 Å². The van der Waals surface area contributed by atoms with Gasteiger partial charge in [-0.2, -0.15) is 5.10 Å². The molecule has 0 atom stereocenters. The Kier molecular flexibility index (Phi) is 4.10. The summed E-state index contributed by atoms with van der Waals surface area (Å²) in [6.45, 7) is 0. The first-order valence-corrected chi connectivity index (χ1v) is 8.03. The van der Waals surface area contributed by atoms with Crippen LogP contribution in [0.25, 0.3) is 5.69 Å².